The maximum atomic E-state index is 12.1. The Bertz CT molecular complexity index is 590. The molecule has 0 unspecified atom stereocenters. The van der Waals surface area contributed by atoms with Gasteiger partial charge < -0.3 is 10.2 Å². The predicted octanol–water partition coefficient (Wildman–Crippen LogP) is 2.06. The van der Waals surface area contributed by atoms with Gasteiger partial charge in [0.05, 0.1) is 10.6 Å². The van der Waals surface area contributed by atoms with Crippen LogP contribution in [-0.4, -0.2) is 40.3 Å². The first kappa shape index (κ1) is 14.9. The summed E-state index contributed by atoms with van der Waals surface area (Å²) >= 11 is 0. The fraction of sp³-hybridized carbons (Fsp3) is 0.625. The number of nitrogens with one attached hydrogen (secondary N) is 1. The van der Waals surface area contributed by atoms with Gasteiger partial charge in [-0.2, -0.15) is 0 Å². The van der Waals surface area contributed by atoms with Gasteiger partial charge in [0.15, 0.2) is 9.84 Å². The van der Waals surface area contributed by atoms with Crippen LogP contribution in [0.1, 0.15) is 25.7 Å². The SMILES string of the molecule is CS(=O)(=O)c1ccccc1N(CC1CCNCC1)C1CC1. The molecule has 1 saturated carbocycles. The second-order valence-corrected chi connectivity index (χ2v) is 8.30. The van der Waals surface area contributed by atoms with E-state index in [9.17, 15) is 8.42 Å². The molecule has 2 aliphatic rings. The minimum absolute atomic E-state index is 0.478. The number of sulfone groups is 1. The van der Waals surface area contributed by atoms with Crippen molar-refractivity contribution in [1.82, 2.24) is 5.32 Å². The van der Waals surface area contributed by atoms with Crippen LogP contribution in [0.25, 0.3) is 0 Å². The van der Waals surface area contributed by atoms with Crippen LogP contribution in [0.15, 0.2) is 29.2 Å². The number of benzene rings is 1. The molecule has 1 heterocycles. The zero-order valence-electron chi connectivity index (χ0n) is 12.6. The molecule has 4 nitrogen and oxygen atoms in total. The third-order valence-electron chi connectivity index (χ3n) is 4.48. The average Bonchev–Trinajstić information content (AvgIpc) is 3.30. The molecule has 116 valence electrons. The summed E-state index contributed by atoms with van der Waals surface area (Å²) in [6, 6.07) is 8.00. The summed E-state index contributed by atoms with van der Waals surface area (Å²) in [7, 11) is -3.18. The third-order valence-corrected chi connectivity index (χ3v) is 5.62. The molecule has 21 heavy (non-hydrogen) atoms. The monoisotopic (exact) mass is 308 g/mol. The van der Waals surface area contributed by atoms with Crippen molar-refractivity contribution in [3.8, 4) is 0 Å². The molecule has 5 heteroatoms. The summed E-state index contributed by atoms with van der Waals surface area (Å²) in [5, 5.41) is 3.39. The topological polar surface area (TPSA) is 49.4 Å². The summed E-state index contributed by atoms with van der Waals surface area (Å²) in [6.07, 6.45) is 6.04. The van der Waals surface area contributed by atoms with Crippen LogP contribution in [0.5, 0.6) is 0 Å². The van der Waals surface area contributed by atoms with E-state index in [0.29, 0.717) is 16.9 Å². The lowest BCUT2D eigenvalue weighted by molar-refractivity contribution is 0.372. The molecule has 0 bridgehead atoms. The van der Waals surface area contributed by atoms with E-state index >= 15 is 0 Å². The smallest absolute Gasteiger partial charge is 0.177 e. The number of rotatable bonds is 5. The predicted molar refractivity (Wildman–Crippen MR) is 85.5 cm³/mol. The first-order chi connectivity index (χ1) is 10.1. The molecule has 1 aromatic rings. The first-order valence-electron chi connectivity index (χ1n) is 7.82. The number of hydrogen-bond donors (Lipinski definition) is 1. The largest absolute Gasteiger partial charge is 0.367 e. The van der Waals surface area contributed by atoms with E-state index < -0.39 is 9.84 Å². The zero-order chi connectivity index (χ0) is 14.9. The fourth-order valence-electron chi connectivity index (χ4n) is 3.18. The first-order valence-corrected chi connectivity index (χ1v) is 9.71. The van der Waals surface area contributed by atoms with Crippen LogP contribution in [-0.2, 0) is 9.84 Å². The normalized spacial score (nSPS) is 20.4. The van der Waals surface area contributed by atoms with Crippen molar-refractivity contribution in [3.05, 3.63) is 24.3 Å². The van der Waals surface area contributed by atoms with Gasteiger partial charge in [0.25, 0.3) is 0 Å². The van der Waals surface area contributed by atoms with Crippen molar-refractivity contribution in [2.75, 3.05) is 30.8 Å². The molecule has 0 radical (unpaired) electrons. The van der Waals surface area contributed by atoms with Crippen molar-refractivity contribution in [2.45, 2.75) is 36.6 Å². The van der Waals surface area contributed by atoms with Crippen molar-refractivity contribution >= 4 is 15.5 Å². The molecular formula is C16H24N2O2S. The molecule has 0 atom stereocenters. The Hall–Kier alpha value is -1.07. The Morgan fingerprint density at radius 1 is 1.14 bits per heavy atom. The van der Waals surface area contributed by atoms with Gasteiger partial charge in [0.1, 0.15) is 0 Å². The van der Waals surface area contributed by atoms with E-state index in [2.05, 4.69) is 10.2 Å². The third kappa shape index (κ3) is 3.58. The lowest BCUT2D eigenvalue weighted by atomic mass is 9.97. The van der Waals surface area contributed by atoms with Crippen molar-refractivity contribution in [3.63, 3.8) is 0 Å². The van der Waals surface area contributed by atoms with Gasteiger partial charge in [0, 0.05) is 18.8 Å². The molecule has 1 aromatic carbocycles. The van der Waals surface area contributed by atoms with Gasteiger partial charge >= 0.3 is 0 Å². The maximum Gasteiger partial charge on any atom is 0.177 e. The average molecular weight is 308 g/mol. The number of hydrogen-bond acceptors (Lipinski definition) is 4. The van der Waals surface area contributed by atoms with Crippen molar-refractivity contribution in [1.29, 1.82) is 0 Å². The van der Waals surface area contributed by atoms with Gasteiger partial charge in [-0.1, -0.05) is 12.1 Å². The van der Waals surface area contributed by atoms with Crippen LogP contribution >= 0.6 is 0 Å². The van der Waals surface area contributed by atoms with Gasteiger partial charge in [-0.05, 0) is 56.8 Å². The number of para-hydroxylation sites is 1. The molecule has 1 N–H and O–H groups in total. The molecule has 1 aliphatic carbocycles. The van der Waals surface area contributed by atoms with Crippen molar-refractivity contribution < 1.29 is 8.42 Å². The highest BCUT2D eigenvalue weighted by Gasteiger charge is 2.33. The zero-order valence-corrected chi connectivity index (χ0v) is 13.4. The van der Waals surface area contributed by atoms with E-state index in [1.165, 1.54) is 31.9 Å². The molecule has 1 aliphatic heterocycles. The highest BCUT2D eigenvalue weighted by atomic mass is 32.2. The molecule has 3 rings (SSSR count). The van der Waals surface area contributed by atoms with Crippen LogP contribution in [0.4, 0.5) is 5.69 Å². The summed E-state index contributed by atoms with van der Waals surface area (Å²) in [5.74, 6) is 0.666. The molecule has 0 aromatic heterocycles. The van der Waals surface area contributed by atoms with Crippen LogP contribution in [0.2, 0.25) is 0 Å². The van der Waals surface area contributed by atoms with Crippen LogP contribution in [0.3, 0.4) is 0 Å². The summed E-state index contributed by atoms with van der Waals surface area (Å²) in [4.78, 5) is 2.83. The minimum atomic E-state index is -3.18. The standard InChI is InChI=1S/C16H24N2O2S/c1-21(19,20)16-5-3-2-4-15(16)18(14-6-7-14)12-13-8-10-17-11-9-13/h2-5,13-14,17H,6-12H2,1H3. The van der Waals surface area contributed by atoms with E-state index in [1.54, 1.807) is 6.07 Å². The molecule has 2 fully saturated rings. The van der Waals surface area contributed by atoms with Gasteiger partial charge in [0.2, 0.25) is 0 Å². The minimum Gasteiger partial charge on any atom is -0.367 e. The Labute approximate surface area is 127 Å². The maximum absolute atomic E-state index is 12.1. The lowest BCUT2D eigenvalue weighted by Gasteiger charge is -2.32. The summed E-state index contributed by atoms with van der Waals surface area (Å²) in [6.45, 7) is 3.15. The Balaban J connectivity index is 1.87. The number of anilines is 1. The van der Waals surface area contributed by atoms with E-state index in [-0.39, 0.29) is 0 Å². The van der Waals surface area contributed by atoms with Crippen LogP contribution < -0.4 is 10.2 Å². The van der Waals surface area contributed by atoms with E-state index in [4.69, 9.17) is 0 Å². The second-order valence-electron chi connectivity index (χ2n) is 6.32. The summed E-state index contributed by atoms with van der Waals surface area (Å²) < 4.78 is 24.1. The summed E-state index contributed by atoms with van der Waals surface area (Å²) in [5.41, 5.74) is 0.904. The highest BCUT2D eigenvalue weighted by Crippen LogP contribution is 2.36. The fourth-order valence-corrected chi connectivity index (χ4v) is 4.07. The number of piperidine rings is 1. The Morgan fingerprint density at radius 2 is 1.81 bits per heavy atom. The second kappa shape index (κ2) is 5.97. The molecule has 1 saturated heterocycles. The highest BCUT2D eigenvalue weighted by molar-refractivity contribution is 7.90. The van der Waals surface area contributed by atoms with Crippen molar-refractivity contribution in [2.24, 2.45) is 5.92 Å². The number of nitrogens with zero attached hydrogens (tertiary/aromatic N) is 1. The lowest BCUT2D eigenvalue weighted by Crippen LogP contribution is -2.37. The Morgan fingerprint density at radius 3 is 2.43 bits per heavy atom. The van der Waals surface area contributed by atoms with Gasteiger partial charge in [-0.15, -0.1) is 0 Å². The molecule has 0 amide bonds. The van der Waals surface area contributed by atoms with E-state index in [0.717, 1.165) is 25.3 Å². The molecular weight excluding hydrogens is 284 g/mol. The Kier molecular flexibility index (Phi) is 4.22. The molecule has 0 spiro atoms. The van der Waals surface area contributed by atoms with E-state index in [1.807, 2.05) is 18.2 Å². The van der Waals surface area contributed by atoms with Crippen LogP contribution in [0, 0.1) is 5.92 Å². The van der Waals surface area contributed by atoms with Gasteiger partial charge in [-0.25, -0.2) is 8.42 Å². The van der Waals surface area contributed by atoms with Gasteiger partial charge in [-0.3, -0.25) is 0 Å². The quantitative estimate of drug-likeness (QED) is 0.904.